The van der Waals surface area contributed by atoms with E-state index >= 15 is 0 Å². The Morgan fingerprint density at radius 2 is 2.05 bits per heavy atom. The molecule has 0 fully saturated rings. The van der Waals surface area contributed by atoms with Gasteiger partial charge in [-0.25, -0.2) is 0 Å². The van der Waals surface area contributed by atoms with Crippen molar-refractivity contribution >= 4 is 11.6 Å². The molecule has 0 amide bonds. The summed E-state index contributed by atoms with van der Waals surface area (Å²) in [6.45, 7) is 3.04. The SMILES string of the molecule is CCCNC(c1ccccc1Cl)c1ccncc1OC. The largest absolute Gasteiger partial charge is 0.495 e. The van der Waals surface area contributed by atoms with Gasteiger partial charge in [0, 0.05) is 16.8 Å². The van der Waals surface area contributed by atoms with E-state index in [4.69, 9.17) is 16.3 Å². The van der Waals surface area contributed by atoms with E-state index in [1.807, 2.05) is 30.3 Å². The van der Waals surface area contributed by atoms with Crippen LogP contribution in [0.1, 0.15) is 30.5 Å². The number of methoxy groups -OCH3 is 1. The number of ether oxygens (including phenoxy) is 1. The second-order valence-electron chi connectivity index (χ2n) is 4.53. The number of nitrogens with zero attached hydrogens (tertiary/aromatic N) is 1. The molecule has 0 aliphatic heterocycles. The van der Waals surface area contributed by atoms with Crippen molar-refractivity contribution in [3.05, 3.63) is 58.9 Å². The maximum Gasteiger partial charge on any atom is 0.142 e. The highest BCUT2D eigenvalue weighted by molar-refractivity contribution is 6.31. The molecule has 1 heterocycles. The highest BCUT2D eigenvalue weighted by atomic mass is 35.5. The number of benzene rings is 1. The predicted octanol–water partition coefficient (Wildman–Crippen LogP) is 3.83. The average Bonchev–Trinajstić information content (AvgIpc) is 2.49. The molecule has 0 spiro atoms. The van der Waals surface area contributed by atoms with Crippen LogP contribution in [0.4, 0.5) is 0 Å². The lowest BCUT2D eigenvalue weighted by Gasteiger charge is -2.22. The van der Waals surface area contributed by atoms with Gasteiger partial charge in [-0.05, 0) is 30.7 Å². The molecule has 4 heteroatoms. The van der Waals surface area contributed by atoms with Gasteiger partial charge in [0.05, 0.1) is 19.3 Å². The molecule has 106 valence electrons. The Labute approximate surface area is 124 Å². The fraction of sp³-hybridized carbons (Fsp3) is 0.312. The van der Waals surface area contributed by atoms with Gasteiger partial charge in [-0.1, -0.05) is 36.7 Å². The predicted molar refractivity (Wildman–Crippen MR) is 82.4 cm³/mol. The van der Waals surface area contributed by atoms with E-state index in [0.29, 0.717) is 0 Å². The van der Waals surface area contributed by atoms with Gasteiger partial charge in [0.25, 0.3) is 0 Å². The Balaban J connectivity index is 2.44. The minimum atomic E-state index is 0.00148. The van der Waals surface area contributed by atoms with Crippen LogP contribution in [-0.4, -0.2) is 18.6 Å². The van der Waals surface area contributed by atoms with Gasteiger partial charge >= 0.3 is 0 Å². The molecular weight excluding hydrogens is 272 g/mol. The van der Waals surface area contributed by atoms with E-state index in [-0.39, 0.29) is 6.04 Å². The van der Waals surface area contributed by atoms with Crippen molar-refractivity contribution in [1.82, 2.24) is 10.3 Å². The molecule has 3 nitrogen and oxygen atoms in total. The second kappa shape index (κ2) is 7.27. The molecule has 0 aliphatic rings. The molecule has 2 rings (SSSR count). The molecule has 0 saturated heterocycles. The molecule has 1 unspecified atom stereocenters. The Kier molecular flexibility index (Phi) is 5.39. The number of nitrogens with one attached hydrogen (secondary N) is 1. The van der Waals surface area contributed by atoms with E-state index in [9.17, 15) is 0 Å². The molecule has 1 N–H and O–H groups in total. The first-order chi connectivity index (χ1) is 9.77. The Morgan fingerprint density at radius 3 is 2.75 bits per heavy atom. The van der Waals surface area contributed by atoms with Crippen LogP contribution in [0.3, 0.4) is 0 Å². The number of aromatic nitrogens is 1. The fourth-order valence-corrected chi connectivity index (χ4v) is 2.43. The van der Waals surface area contributed by atoms with E-state index in [0.717, 1.165) is 34.9 Å². The summed E-state index contributed by atoms with van der Waals surface area (Å²) in [4.78, 5) is 4.11. The molecule has 20 heavy (non-hydrogen) atoms. The molecule has 0 radical (unpaired) electrons. The van der Waals surface area contributed by atoms with Crippen LogP contribution in [0.25, 0.3) is 0 Å². The molecule has 0 saturated carbocycles. The summed E-state index contributed by atoms with van der Waals surface area (Å²) in [6.07, 6.45) is 4.55. The van der Waals surface area contributed by atoms with Gasteiger partial charge < -0.3 is 10.1 Å². The van der Waals surface area contributed by atoms with Gasteiger partial charge in [-0.2, -0.15) is 0 Å². The van der Waals surface area contributed by atoms with Crippen molar-refractivity contribution in [3.63, 3.8) is 0 Å². The third-order valence-corrected chi connectivity index (χ3v) is 3.51. The first-order valence-corrected chi connectivity index (χ1v) is 7.11. The zero-order chi connectivity index (χ0) is 14.4. The summed E-state index contributed by atoms with van der Waals surface area (Å²) < 4.78 is 5.42. The number of hydrogen-bond donors (Lipinski definition) is 1. The monoisotopic (exact) mass is 290 g/mol. The van der Waals surface area contributed by atoms with Crippen molar-refractivity contribution in [2.24, 2.45) is 0 Å². The minimum absolute atomic E-state index is 0.00148. The van der Waals surface area contributed by atoms with Crippen molar-refractivity contribution in [3.8, 4) is 5.75 Å². The summed E-state index contributed by atoms with van der Waals surface area (Å²) >= 11 is 6.35. The molecule has 1 aromatic carbocycles. The van der Waals surface area contributed by atoms with Crippen LogP contribution in [-0.2, 0) is 0 Å². The van der Waals surface area contributed by atoms with Crippen LogP contribution >= 0.6 is 11.6 Å². The standard InChI is InChI=1S/C16H19ClN2O/c1-3-9-19-16(12-6-4-5-7-14(12)17)13-8-10-18-11-15(13)20-2/h4-8,10-11,16,19H,3,9H2,1-2H3. The summed E-state index contributed by atoms with van der Waals surface area (Å²) in [5.41, 5.74) is 2.09. The number of hydrogen-bond acceptors (Lipinski definition) is 3. The molecule has 1 atom stereocenters. The third-order valence-electron chi connectivity index (χ3n) is 3.16. The first-order valence-electron chi connectivity index (χ1n) is 6.73. The van der Waals surface area contributed by atoms with E-state index in [2.05, 4.69) is 17.2 Å². The Hall–Kier alpha value is -1.58. The normalized spacial score (nSPS) is 12.2. The lowest BCUT2D eigenvalue weighted by molar-refractivity contribution is 0.402. The third kappa shape index (κ3) is 3.30. The summed E-state index contributed by atoms with van der Waals surface area (Å²) in [7, 11) is 1.66. The number of pyridine rings is 1. The van der Waals surface area contributed by atoms with Crippen LogP contribution in [0, 0.1) is 0 Å². The van der Waals surface area contributed by atoms with Gasteiger partial charge in [0.1, 0.15) is 5.75 Å². The van der Waals surface area contributed by atoms with E-state index < -0.39 is 0 Å². The molecule has 1 aromatic heterocycles. The highest BCUT2D eigenvalue weighted by Gasteiger charge is 2.19. The summed E-state index contributed by atoms with van der Waals surface area (Å²) in [5, 5.41) is 4.28. The van der Waals surface area contributed by atoms with E-state index in [1.54, 1.807) is 19.5 Å². The van der Waals surface area contributed by atoms with Crippen molar-refractivity contribution < 1.29 is 4.74 Å². The Morgan fingerprint density at radius 1 is 1.25 bits per heavy atom. The summed E-state index contributed by atoms with van der Waals surface area (Å²) in [6, 6.07) is 9.85. The average molecular weight is 291 g/mol. The van der Waals surface area contributed by atoms with Crippen LogP contribution in [0.15, 0.2) is 42.7 Å². The zero-order valence-corrected chi connectivity index (χ0v) is 12.5. The number of rotatable bonds is 6. The van der Waals surface area contributed by atoms with E-state index in [1.165, 1.54) is 0 Å². The lowest BCUT2D eigenvalue weighted by atomic mass is 9.98. The van der Waals surface area contributed by atoms with Crippen molar-refractivity contribution in [2.45, 2.75) is 19.4 Å². The van der Waals surface area contributed by atoms with Crippen LogP contribution < -0.4 is 10.1 Å². The maximum atomic E-state index is 6.35. The quantitative estimate of drug-likeness (QED) is 0.878. The smallest absolute Gasteiger partial charge is 0.142 e. The maximum absolute atomic E-state index is 6.35. The van der Waals surface area contributed by atoms with Crippen LogP contribution in [0.5, 0.6) is 5.75 Å². The molecule has 2 aromatic rings. The van der Waals surface area contributed by atoms with Crippen LogP contribution in [0.2, 0.25) is 5.02 Å². The van der Waals surface area contributed by atoms with Gasteiger partial charge in [0.15, 0.2) is 0 Å². The summed E-state index contributed by atoms with van der Waals surface area (Å²) in [5.74, 6) is 0.765. The second-order valence-corrected chi connectivity index (χ2v) is 4.93. The Bertz CT molecular complexity index is 560. The van der Waals surface area contributed by atoms with Gasteiger partial charge in [0.2, 0.25) is 0 Å². The van der Waals surface area contributed by atoms with Crippen molar-refractivity contribution in [2.75, 3.05) is 13.7 Å². The van der Waals surface area contributed by atoms with Gasteiger partial charge in [-0.3, -0.25) is 4.98 Å². The molecular formula is C16H19ClN2O. The first kappa shape index (κ1) is 14.8. The molecule has 0 aliphatic carbocycles. The fourth-order valence-electron chi connectivity index (χ4n) is 2.19. The van der Waals surface area contributed by atoms with Crippen molar-refractivity contribution in [1.29, 1.82) is 0 Å². The minimum Gasteiger partial charge on any atom is -0.495 e. The topological polar surface area (TPSA) is 34.2 Å². The van der Waals surface area contributed by atoms with Gasteiger partial charge in [-0.15, -0.1) is 0 Å². The lowest BCUT2D eigenvalue weighted by Crippen LogP contribution is -2.24. The highest BCUT2D eigenvalue weighted by Crippen LogP contribution is 2.32. The molecule has 0 bridgehead atoms. The number of halogens is 1. The zero-order valence-electron chi connectivity index (χ0n) is 11.8.